The van der Waals surface area contributed by atoms with Crippen LogP contribution in [0.4, 0.5) is 0 Å². The molecule has 0 spiro atoms. The van der Waals surface area contributed by atoms with E-state index in [9.17, 15) is 9.59 Å². The normalized spacial score (nSPS) is 11.2. The maximum absolute atomic E-state index is 12.5. The zero-order valence-electron chi connectivity index (χ0n) is 14.8. The van der Waals surface area contributed by atoms with Gasteiger partial charge in [0.15, 0.2) is 5.76 Å². The second-order valence-corrected chi connectivity index (χ2v) is 6.56. The van der Waals surface area contributed by atoms with Crippen LogP contribution in [-0.2, 0) is 6.54 Å². The molecule has 6 heteroatoms. The molecule has 0 saturated heterocycles. The smallest absolute Gasteiger partial charge is 0.257 e. The number of hydrogen-bond acceptors (Lipinski definition) is 4. The number of H-pyrrole nitrogens is 1. The molecule has 0 unspecified atom stereocenters. The van der Waals surface area contributed by atoms with Gasteiger partial charge in [0.25, 0.3) is 11.5 Å². The van der Waals surface area contributed by atoms with E-state index in [-0.39, 0.29) is 23.9 Å². The Morgan fingerprint density at radius 3 is 2.76 bits per heavy atom. The minimum Gasteiger partial charge on any atom is -0.360 e. The first-order chi connectivity index (χ1) is 11.9. The fraction of sp³-hybridized carbons (Fsp3) is 0.316. The highest BCUT2D eigenvalue weighted by molar-refractivity contribution is 5.96. The number of nitrogens with one attached hydrogen (secondary N) is 2. The van der Waals surface area contributed by atoms with E-state index >= 15 is 0 Å². The number of rotatable bonds is 4. The Bertz CT molecular complexity index is 999. The molecule has 0 aliphatic carbocycles. The lowest BCUT2D eigenvalue weighted by Crippen LogP contribution is -2.27. The van der Waals surface area contributed by atoms with Gasteiger partial charge in [-0.05, 0) is 37.4 Å². The van der Waals surface area contributed by atoms with Crippen molar-refractivity contribution in [1.29, 1.82) is 0 Å². The summed E-state index contributed by atoms with van der Waals surface area (Å²) in [5, 5.41) is 7.61. The Morgan fingerprint density at radius 2 is 2.04 bits per heavy atom. The van der Waals surface area contributed by atoms with Gasteiger partial charge in [0.1, 0.15) is 5.56 Å². The molecule has 130 valence electrons. The van der Waals surface area contributed by atoms with Crippen LogP contribution in [0.15, 0.2) is 33.6 Å². The first kappa shape index (κ1) is 17.0. The Morgan fingerprint density at radius 1 is 1.28 bits per heavy atom. The molecule has 2 N–H and O–H groups in total. The number of nitrogens with zero attached hydrogens (tertiary/aromatic N) is 1. The average Bonchev–Trinajstić information content (AvgIpc) is 2.95. The number of aromatic nitrogens is 2. The van der Waals surface area contributed by atoms with E-state index in [2.05, 4.69) is 15.5 Å². The lowest BCUT2D eigenvalue weighted by atomic mass is 10.0. The quantitative estimate of drug-likeness (QED) is 0.764. The van der Waals surface area contributed by atoms with E-state index < -0.39 is 0 Å². The fourth-order valence-electron chi connectivity index (χ4n) is 2.82. The van der Waals surface area contributed by atoms with Gasteiger partial charge in [-0.15, -0.1) is 0 Å². The number of fused-ring (bicyclic) bond motifs is 1. The Kier molecular flexibility index (Phi) is 4.44. The Labute approximate surface area is 145 Å². The summed E-state index contributed by atoms with van der Waals surface area (Å²) in [6.07, 6.45) is 0. The Balaban J connectivity index is 1.85. The number of carbonyl (C=O) groups excluding carboxylic acids is 1. The first-order valence-electron chi connectivity index (χ1n) is 8.23. The maximum Gasteiger partial charge on any atom is 0.257 e. The van der Waals surface area contributed by atoms with E-state index in [1.165, 1.54) is 0 Å². The largest absolute Gasteiger partial charge is 0.360 e. The molecule has 1 aromatic carbocycles. The van der Waals surface area contributed by atoms with Gasteiger partial charge in [-0.3, -0.25) is 9.59 Å². The van der Waals surface area contributed by atoms with Crippen LogP contribution in [0, 0.1) is 13.8 Å². The maximum atomic E-state index is 12.5. The zero-order valence-corrected chi connectivity index (χ0v) is 14.8. The standard InChI is InChI=1S/C19H21N3O3/c1-10(2)17-16(12(4)22-25-17)19(24)20-9-14-8-13-7-11(3)5-6-15(13)21-18(14)23/h5-8,10H,9H2,1-4H3,(H,20,24)(H,21,23). The summed E-state index contributed by atoms with van der Waals surface area (Å²) >= 11 is 0. The molecule has 1 amide bonds. The van der Waals surface area contributed by atoms with Crippen molar-refractivity contribution < 1.29 is 9.32 Å². The fourth-order valence-corrected chi connectivity index (χ4v) is 2.82. The number of benzene rings is 1. The number of hydrogen-bond donors (Lipinski definition) is 2. The molecular formula is C19H21N3O3. The van der Waals surface area contributed by atoms with Crippen molar-refractivity contribution in [3.63, 3.8) is 0 Å². The van der Waals surface area contributed by atoms with Gasteiger partial charge in [-0.2, -0.15) is 0 Å². The van der Waals surface area contributed by atoms with E-state index in [1.807, 2.05) is 45.0 Å². The second kappa shape index (κ2) is 6.55. The van der Waals surface area contributed by atoms with Crippen LogP contribution in [-0.4, -0.2) is 16.0 Å². The predicted octanol–water partition coefficient (Wildman–Crippen LogP) is 3.19. The van der Waals surface area contributed by atoms with Gasteiger partial charge < -0.3 is 14.8 Å². The highest BCUT2D eigenvalue weighted by Crippen LogP contribution is 2.22. The van der Waals surface area contributed by atoms with E-state index in [0.717, 1.165) is 16.5 Å². The van der Waals surface area contributed by atoms with Gasteiger partial charge in [-0.1, -0.05) is 30.6 Å². The molecule has 2 aromatic heterocycles. The van der Waals surface area contributed by atoms with Crippen molar-refractivity contribution in [1.82, 2.24) is 15.5 Å². The Hall–Kier alpha value is -2.89. The molecule has 0 radical (unpaired) electrons. The molecule has 0 aliphatic heterocycles. The third-order valence-electron chi connectivity index (χ3n) is 4.16. The molecule has 0 atom stereocenters. The SMILES string of the molecule is Cc1ccc2[nH]c(=O)c(CNC(=O)c3c(C)noc3C(C)C)cc2c1. The van der Waals surface area contributed by atoms with Crippen molar-refractivity contribution in [3.8, 4) is 0 Å². The van der Waals surface area contributed by atoms with Crippen LogP contribution >= 0.6 is 0 Å². The number of carbonyl (C=O) groups is 1. The molecule has 25 heavy (non-hydrogen) atoms. The molecule has 3 rings (SSSR count). The summed E-state index contributed by atoms with van der Waals surface area (Å²) in [7, 11) is 0. The third-order valence-corrected chi connectivity index (χ3v) is 4.16. The summed E-state index contributed by atoms with van der Waals surface area (Å²) in [4.78, 5) is 27.6. The summed E-state index contributed by atoms with van der Waals surface area (Å²) < 4.78 is 5.25. The van der Waals surface area contributed by atoms with Crippen molar-refractivity contribution in [2.24, 2.45) is 0 Å². The van der Waals surface area contributed by atoms with Crippen molar-refractivity contribution >= 4 is 16.8 Å². The summed E-state index contributed by atoms with van der Waals surface area (Å²) in [6, 6.07) is 7.63. The van der Waals surface area contributed by atoms with Crippen molar-refractivity contribution in [3.05, 3.63) is 62.8 Å². The van der Waals surface area contributed by atoms with E-state index in [1.54, 1.807) is 6.92 Å². The molecule has 6 nitrogen and oxygen atoms in total. The second-order valence-electron chi connectivity index (χ2n) is 6.56. The average molecular weight is 339 g/mol. The zero-order chi connectivity index (χ0) is 18.1. The van der Waals surface area contributed by atoms with Crippen molar-refractivity contribution in [2.75, 3.05) is 0 Å². The molecule has 0 aliphatic rings. The minimum absolute atomic E-state index is 0.0500. The molecule has 2 heterocycles. The molecule has 0 saturated carbocycles. The van der Waals surface area contributed by atoms with E-state index in [4.69, 9.17) is 4.52 Å². The van der Waals surface area contributed by atoms with Crippen LogP contribution in [0.1, 0.15) is 52.7 Å². The monoisotopic (exact) mass is 339 g/mol. The minimum atomic E-state index is -0.286. The van der Waals surface area contributed by atoms with Gasteiger partial charge >= 0.3 is 0 Å². The van der Waals surface area contributed by atoms with Gasteiger partial charge in [0.05, 0.1) is 5.69 Å². The van der Waals surface area contributed by atoms with Gasteiger partial charge in [0.2, 0.25) is 0 Å². The van der Waals surface area contributed by atoms with Crippen LogP contribution in [0.5, 0.6) is 0 Å². The van der Waals surface area contributed by atoms with Crippen LogP contribution in [0.2, 0.25) is 0 Å². The first-order valence-corrected chi connectivity index (χ1v) is 8.23. The number of pyridine rings is 1. The topological polar surface area (TPSA) is 88.0 Å². The summed E-state index contributed by atoms with van der Waals surface area (Å²) in [6.45, 7) is 7.74. The van der Waals surface area contributed by atoms with Crippen LogP contribution < -0.4 is 10.9 Å². The molecule has 0 fully saturated rings. The lowest BCUT2D eigenvalue weighted by molar-refractivity contribution is 0.0947. The summed E-state index contributed by atoms with van der Waals surface area (Å²) in [5.41, 5.74) is 3.18. The molecule has 0 bridgehead atoms. The molecular weight excluding hydrogens is 318 g/mol. The lowest BCUT2D eigenvalue weighted by Gasteiger charge is -2.08. The highest BCUT2D eigenvalue weighted by Gasteiger charge is 2.22. The van der Waals surface area contributed by atoms with Crippen molar-refractivity contribution in [2.45, 2.75) is 40.2 Å². The van der Waals surface area contributed by atoms with Crippen LogP contribution in [0.25, 0.3) is 10.9 Å². The third kappa shape index (κ3) is 3.33. The number of aromatic amines is 1. The molecule has 3 aromatic rings. The van der Waals surface area contributed by atoms with Gasteiger partial charge in [-0.25, -0.2) is 0 Å². The van der Waals surface area contributed by atoms with Gasteiger partial charge in [0, 0.05) is 23.5 Å². The van der Waals surface area contributed by atoms with E-state index in [0.29, 0.717) is 22.6 Å². The number of aryl methyl sites for hydroxylation is 2. The predicted molar refractivity (Wildman–Crippen MR) is 95.8 cm³/mol. The van der Waals surface area contributed by atoms with Crippen LogP contribution in [0.3, 0.4) is 0 Å². The summed E-state index contributed by atoms with van der Waals surface area (Å²) in [5.74, 6) is 0.318. The highest BCUT2D eigenvalue weighted by atomic mass is 16.5. The number of amides is 1.